The van der Waals surface area contributed by atoms with E-state index in [0.717, 1.165) is 44.9 Å². The number of hydrogen-bond donors (Lipinski definition) is 0. The summed E-state index contributed by atoms with van der Waals surface area (Å²) in [6.45, 7) is 4.48. The number of hydrogen-bond acceptors (Lipinski definition) is 4. The standard InChI is InChI=1S/C28H52O4/c1-3-5-7-9-11-13-15-17-22-27(29)31-25-20-19-21-26(24-25)32-28(30)23-18-16-14-12-10-8-6-4-2/h25-26H,3-24H2,1-2H3. The molecule has 0 aromatic carbocycles. The first-order valence-electron chi connectivity index (χ1n) is 14.0. The molecule has 188 valence electrons. The van der Waals surface area contributed by atoms with Gasteiger partial charge in [0.1, 0.15) is 12.2 Å². The van der Waals surface area contributed by atoms with Crippen LogP contribution < -0.4 is 0 Å². The predicted molar refractivity (Wildman–Crippen MR) is 133 cm³/mol. The van der Waals surface area contributed by atoms with Gasteiger partial charge in [0.05, 0.1) is 0 Å². The molecule has 0 aliphatic heterocycles. The Bertz CT molecular complexity index is 422. The van der Waals surface area contributed by atoms with Crippen molar-refractivity contribution >= 4 is 11.9 Å². The average Bonchev–Trinajstić information content (AvgIpc) is 2.77. The second-order valence-corrected chi connectivity index (χ2v) is 9.84. The highest BCUT2D eigenvalue weighted by atomic mass is 16.6. The van der Waals surface area contributed by atoms with Crippen molar-refractivity contribution in [3.05, 3.63) is 0 Å². The molecule has 2 unspecified atom stereocenters. The summed E-state index contributed by atoms with van der Waals surface area (Å²) >= 11 is 0. The molecule has 4 nitrogen and oxygen atoms in total. The van der Waals surface area contributed by atoms with Crippen molar-refractivity contribution in [3.63, 3.8) is 0 Å². The third kappa shape index (κ3) is 16.6. The fourth-order valence-electron chi connectivity index (χ4n) is 4.61. The highest BCUT2D eigenvalue weighted by molar-refractivity contribution is 5.70. The Labute approximate surface area is 198 Å². The lowest BCUT2D eigenvalue weighted by atomic mass is 9.94. The topological polar surface area (TPSA) is 52.6 Å². The van der Waals surface area contributed by atoms with Gasteiger partial charge >= 0.3 is 11.9 Å². The van der Waals surface area contributed by atoms with Gasteiger partial charge in [0.2, 0.25) is 0 Å². The molecule has 0 radical (unpaired) electrons. The molecule has 32 heavy (non-hydrogen) atoms. The van der Waals surface area contributed by atoms with Gasteiger partial charge in [-0.2, -0.15) is 0 Å². The van der Waals surface area contributed by atoms with E-state index in [1.807, 2.05) is 0 Å². The molecule has 0 heterocycles. The monoisotopic (exact) mass is 452 g/mol. The second kappa shape index (κ2) is 20.5. The lowest BCUT2D eigenvalue weighted by Crippen LogP contribution is -2.31. The van der Waals surface area contributed by atoms with Crippen molar-refractivity contribution in [2.75, 3.05) is 0 Å². The molecular weight excluding hydrogens is 400 g/mol. The van der Waals surface area contributed by atoms with Gasteiger partial charge in [0.25, 0.3) is 0 Å². The summed E-state index contributed by atoms with van der Waals surface area (Å²) in [4.78, 5) is 24.3. The first-order valence-corrected chi connectivity index (χ1v) is 14.0. The highest BCUT2D eigenvalue weighted by Crippen LogP contribution is 2.25. The van der Waals surface area contributed by atoms with Crippen molar-refractivity contribution < 1.29 is 19.1 Å². The van der Waals surface area contributed by atoms with Gasteiger partial charge in [-0.3, -0.25) is 9.59 Å². The Morgan fingerprint density at radius 2 is 0.906 bits per heavy atom. The fraction of sp³-hybridized carbons (Fsp3) is 0.929. The number of ether oxygens (including phenoxy) is 2. The lowest BCUT2D eigenvalue weighted by Gasteiger charge is -2.28. The molecule has 0 aromatic heterocycles. The molecule has 1 aliphatic rings. The normalized spacial score (nSPS) is 18.4. The summed E-state index contributed by atoms with van der Waals surface area (Å²) in [7, 11) is 0. The maximum absolute atomic E-state index is 12.2. The van der Waals surface area contributed by atoms with Gasteiger partial charge < -0.3 is 9.47 Å². The Morgan fingerprint density at radius 3 is 1.28 bits per heavy atom. The van der Waals surface area contributed by atoms with E-state index in [1.54, 1.807) is 0 Å². The minimum Gasteiger partial charge on any atom is -0.462 e. The van der Waals surface area contributed by atoms with Gasteiger partial charge in [-0.1, -0.05) is 104 Å². The Kier molecular flexibility index (Phi) is 18.6. The van der Waals surface area contributed by atoms with Crippen LogP contribution >= 0.6 is 0 Å². The molecule has 0 amide bonds. The number of unbranched alkanes of at least 4 members (excludes halogenated alkanes) is 14. The van der Waals surface area contributed by atoms with Crippen molar-refractivity contribution in [2.45, 2.75) is 167 Å². The zero-order valence-electron chi connectivity index (χ0n) is 21.3. The maximum atomic E-state index is 12.2. The van der Waals surface area contributed by atoms with Crippen molar-refractivity contribution in [2.24, 2.45) is 0 Å². The Balaban J connectivity index is 2.04. The summed E-state index contributed by atoms with van der Waals surface area (Å²) in [6, 6.07) is 0. The molecule has 0 bridgehead atoms. The molecule has 2 atom stereocenters. The number of carbonyl (C=O) groups excluding carboxylic acids is 2. The maximum Gasteiger partial charge on any atom is 0.306 e. The van der Waals surface area contributed by atoms with Crippen molar-refractivity contribution in [3.8, 4) is 0 Å². The van der Waals surface area contributed by atoms with Crippen LogP contribution in [-0.2, 0) is 19.1 Å². The molecule has 1 rings (SSSR count). The number of rotatable bonds is 20. The molecule has 1 saturated carbocycles. The van der Waals surface area contributed by atoms with Crippen LogP contribution in [0.2, 0.25) is 0 Å². The van der Waals surface area contributed by atoms with Gasteiger partial charge in [0.15, 0.2) is 0 Å². The quantitative estimate of drug-likeness (QED) is 0.137. The first kappa shape index (κ1) is 29.0. The lowest BCUT2D eigenvalue weighted by molar-refractivity contribution is -0.158. The van der Waals surface area contributed by atoms with Crippen LogP contribution in [0.5, 0.6) is 0 Å². The van der Waals surface area contributed by atoms with Crippen LogP contribution in [0.4, 0.5) is 0 Å². The number of carbonyl (C=O) groups is 2. The summed E-state index contributed by atoms with van der Waals surface area (Å²) in [5.41, 5.74) is 0. The molecule has 0 saturated heterocycles. The third-order valence-corrected chi connectivity index (χ3v) is 6.64. The van der Waals surface area contributed by atoms with Crippen LogP contribution in [0.3, 0.4) is 0 Å². The minimum absolute atomic E-state index is 0.0769. The highest BCUT2D eigenvalue weighted by Gasteiger charge is 2.27. The Hall–Kier alpha value is -1.06. The smallest absolute Gasteiger partial charge is 0.306 e. The fourth-order valence-corrected chi connectivity index (χ4v) is 4.61. The van der Waals surface area contributed by atoms with Gasteiger partial charge in [-0.05, 0) is 32.1 Å². The van der Waals surface area contributed by atoms with E-state index in [0.29, 0.717) is 19.3 Å². The van der Waals surface area contributed by atoms with Gasteiger partial charge in [-0.15, -0.1) is 0 Å². The third-order valence-electron chi connectivity index (χ3n) is 6.64. The summed E-state index contributed by atoms with van der Waals surface area (Å²) in [5.74, 6) is -0.154. The van der Waals surface area contributed by atoms with E-state index in [9.17, 15) is 9.59 Å². The van der Waals surface area contributed by atoms with Gasteiger partial charge in [-0.25, -0.2) is 0 Å². The van der Waals surface area contributed by atoms with Gasteiger partial charge in [0, 0.05) is 19.3 Å². The summed E-state index contributed by atoms with van der Waals surface area (Å²) < 4.78 is 11.4. The predicted octanol–water partition coefficient (Wildman–Crippen LogP) is 8.45. The van der Waals surface area contributed by atoms with E-state index < -0.39 is 0 Å². The van der Waals surface area contributed by atoms with Crippen LogP contribution in [0.1, 0.15) is 155 Å². The minimum atomic E-state index is -0.0776. The second-order valence-electron chi connectivity index (χ2n) is 9.84. The van der Waals surface area contributed by atoms with Crippen LogP contribution in [-0.4, -0.2) is 24.1 Å². The van der Waals surface area contributed by atoms with Crippen LogP contribution in [0, 0.1) is 0 Å². The van der Waals surface area contributed by atoms with Crippen LogP contribution in [0.15, 0.2) is 0 Å². The first-order chi connectivity index (χ1) is 15.7. The van der Waals surface area contributed by atoms with E-state index in [4.69, 9.17) is 9.47 Å². The zero-order chi connectivity index (χ0) is 23.3. The molecule has 0 spiro atoms. The Morgan fingerprint density at radius 1 is 0.562 bits per heavy atom. The molecular formula is C28H52O4. The SMILES string of the molecule is CCCCCCCCCCC(=O)OC1CCCC(OC(=O)CCCCCCCCCC)C1. The molecule has 1 fully saturated rings. The van der Waals surface area contributed by atoms with E-state index in [1.165, 1.54) is 77.0 Å². The summed E-state index contributed by atoms with van der Waals surface area (Å²) in [5, 5.41) is 0. The van der Waals surface area contributed by atoms with E-state index >= 15 is 0 Å². The molecule has 1 aliphatic carbocycles. The molecule has 0 N–H and O–H groups in total. The van der Waals surface area contributed by atoms with Crippen LogP contribution in [0.25, 0.3) is 0 Å². The zero-order valence-corrected chi connectivity index (χ0v) is 21.3. The van der Waals surface area contributed by atoms with E-state index in [-0.39, 0.29) is 24.1 Å². The van der Waals surface area contributed by atoms with Crippen molar-refractivity contribution in [1.29, 1.82) is 0 Å². The molecule has 4 heteroatoms. The van der Waals surface area contributed by atoms with E-state index in [2.05, 4.69) is 13.8 Å². The summed E-state index contributed by atoms with van der Waals surface area (Å²) in [6.07, 6.45) is 24.0. The number of esters is 2. The largest absolute Gasteiger partial charge is 0.462 e. The average molecular weight is 453 g/mol. The molecule has 0 aromatic rings. The van der Waals surface area contributed by atoms with Crippen molar-refractivity contribution in [1.82, 2.24) is 0 Å².